The molecule has 3 heterocycles. The molecule has 0 aromatic heterocycles. The lowest BCUT2D eigenvalue weighted by Crippen LogP contribution is -2.69. The van der Waals surface area contributed by atoms with Gasteiger partial charge in [0.15, 0.2) is 6.10 Å². The molecule has 10 heteroatoms. The first-order chi connectivity index (χ1) is 16.2. The van der Waals surface area contributed by atoms with Gasteiger partial charge in [-0.25, -0.2) is 8.78 Å². The van der Waals surface area contributed by atoms with E-state index in [9.17, 15) is 33.5 Å². The van der Waals surface area contributed by atoms with Crippen molar-refractivity contribution in [3.8, 4) is 6.07 Å². The van der Waals surface area contributed by atoms with Gasteiger partial charge < -0.3 is 20.6 Å². The van der Waals surface area contributed by atoms with Gasteiger partial charge in [0.2, 0.25) is 11.8 Å². The predicted octanol–water partition coefficient (Wildman–Crippen LogP) is 1.66. The first-order valence-electron chi connectivity index (χ1n) is 11.6. The lowest BCUT2D eigenvalue weighted by molar-refractivity contribution is -0.198. The molecule has 8 nitrogen and oxygen atoms in total. The van der Waals surface area contributed by atoms with Gasteiger partial charge in [-0.15, -0.1) is 0 Å². The molecule has 3 aliphatic heterocycles. The minimum atomic E-state index is -3.15. The predicted molar refractivity (Wildman–Crippen MR) is 116 cm³/mol. The van der Waals surface area contributed by atoms with E-state index in [0.717, 1.165) is 11.3 Å². The SMILES string of the molecule is N#C[C@H](C[C@H]1CCCNC1=O)NC(=O)[C@H]1[C@@H]2CC[C@@H](CC2(F)F)N1C(=O)[C@H](O)c1ccccc1. The van der Waals surface area contributed by atoms with Crippen molar-refractivity contribution in [2.75, 3.05) is 6.54 Å². The highest BCUT2D eigenvalue weighted by Gasteiger charge is 2.61. The Hall–Kier alpha value is -3.06. The van der Waals surface area contributed by atoms with Crippen LogP contribution >= 0.6 is 0 Å². The third-order valence-electron chi connectivity index (χ3n) is 7.20. The maximum Gasteiger partial charge on any atom is 0.256 e. The largest absolute Gasteiger partial charge is 0.378 e. The fourth-order valence-electron chi connectivity index (χ4n) is 5.49. The molecule has 1 aromatic carbocycles. The molecule has 0 spiro atoms. The Kier molecular flexibility index (Phi) is 6.84. The van der Waals surface area contributed by atoms with Crippen LogP contribution in [0.25, 0.3) is 0 Å². The standard InChI is InChI=1S/C24H28F2N4O4/c25-24(26)12-17-8-9-18(24)19(30(17)23(34)20(31)14-5-2-1-3-6-14)22(33)29-16(13-27)11-15-7-4-10-28-21(15)32/h1-3,5-6,15-20,31H,4,7-12H2,(H,28,32)(H,29,33)/t15-,16+,17+,18+,19-,20-/m1/s1. The summed E-state index contributed by atoms with van der Waals surface area (Å²) >= 11 is 0. The normalized spacial score (nSPS) is 29.5. The molecule has 1 aliphatic carbocycles. The van der Waals surface area contributed by atoms with Crippen LogP contribution in [-0.4, -0.2) is 58.3 Å². The Morgan fingerprint density at radius 1 is 1.26 bits per heavy atom. The first kappa shape index (κ1) is 24.1. The van der Waals surface area contributed by atoms with Crippen molar-refractivity contribution in [3.63, 3.8) is 0 Å². The number of nitrogens with one attached hydrogen (secondary N) is 2. The number of rotatable bonds is 6. The summed E-state index contributed by atoms with van der Waals surface area (Å²) in [6, 6.07) is 6.58. The second kappa shape index (κ2) is 9.66. The lowest BCUT2D eigenvalue weighted by Gasteiger charge is -2.54. The average Bonchev–Trinajstić information content (AvgIpc) is 2.83. The van der Waals surface area contributed by atoms with Crippen molar-refractivity contribution in [2.45, 2.75) is 68.7 Å². The molecule has 2 bridgehead atoms. The van der Waals surface area contributed by atoms with Crippen LogP contribution in [0.1, 0.15) is 50.2 Å². The zero-order chi connectivity index (χ0) is 24.5. The van der Waals surface area contributed by atoms with Gasteiger partial charge in [0.25, 0.3) is 11.8 Å². The van der Waals surface area contributed by atoms with E-state index in [1.165, 1.54) is 0 Å². The Labute approximate surface area is 196 Å². The number of alkyl halides is 2. The fourth-order valence-corrected chi connectivity index (χ4v) is 5.49. The van der Waals surface area contributed by atoms with E-state index in [1.807, 2.05) is 6.07 Å². The number of carbonyl (C=O) groups excluding carboxylic acids is 3. The van der Waals surface area contributed by atoms with E-state index in [4.69, 9.17) is 0 Å². The molecule has 4 fully saturated rings. The summed E-state index contributed by atoms with van der Waals surface area (Å²) in [5, 5.41) is 25.5. The van der Waals surface area contributed by atoms with E-state index < -0.39 is 60.2 Å². The van der Waals surface area contributed by atoms with E-state index >= 15 is 0 Å². The molecule has 5 rings (SSSR count). The number of benzene rings is 1. The number of hydrogen-bond acceptors (Lipinski definition) is 5. The Morgan fingerprint density at radius 3 is 2.65 bits per heavy atom. The fraction of sp³-hybridized carbons (Fsp3) is 0.583. The quantitative estimate of drug-likeness (QED) is 0.579. The van der Waals surface area contributed by atoms with Gasteiger partial charge >= 0.3 is 0 Å². The van der Waals surface area contributed by atoms with Gasteiger partial charge in [-0.05, 0) is 37.7 Å². The molecule has 4 aliphatic rings. The molecule has 34 heavy (non-hydrogen) atoms. The number of piperidine rings is 3. The molecule has 0 unspecified atom stereocenters. The van der Waals surface area contributed by atoms with Gasteiger partial charge in [0.05, 0.1) is 12.0 Å². The highest BCUT2D eigenvalue weighted by molar-refractivity contribution is 5.91. The lowest BCUT2D eigenvalue weighted by atomic mass is 9.71. The maximum atomic E-state index is 14.8. The third kappa shape index (κ3) is 4.62. The summed E-state index contributed by atoms with van der Waals surface area (Å²) in [4.78, 5) is 39.7. The molecule has 6 atom stereocenters. The summed E-state index contributed by atoms with van der Waals surface area (Å²) in [6.07, 6.45) is -0.419. The summed E-state index contributed by atoms with van der Waals surface area (Å²) in [7, 11) is 0. The Morgan fingerprint density at radius 2 is 2.00 bits per heavy atom. The number of aliphatic hydroxyl groups is 1. The van der Waals surface area contributed by atoms with E-state index in [1.54, 1.807) is 30.3 Å². The van der Waals surface area contributed by atoms with Crippen LogP contribution in [0.2, 0.25) is 0 Å². The minimum Gasteiger partial charge on any atom is -0.378 e. The second-order valence-electron chi connectivity index (χ2n) is 9.36. The van der Waals surface area contributed by atoms with Crippen molar-refractivity contribution < 1.29 is 28.3 Å². The number of carbonyl (C=O) groups is 3. The molecular formula is C24H28F2N4O4. The van der Waals surface area contributed by atoms with Crippen LogP contribution in [0, 0.1) is 23.2 Å². The minimum absolute atomic E-state index is 0.0587. The van der Waals surface area contributed by atoms with Crippen LogP contribution in [-0.2, 0) is 14.4 Å². The van der Waals surface area contributed by atoms with Crippen molar-refractivity contribution in [2.24, 2.45) is 11.8 Å². The third-order valence-corrected chi connectivity index (χ3v) is 7.20. The molecule has 182 valence electrons. The van der Waals surface area contributed by atoms with Crippen LogP contribution in [0.15, 0.2) is 30.3 Å². The van der Waals surface area contributed by atoms with Crippen molar-refractivity contribution in [1.29, 1.82) is 5.26 Å². The monoisotopic (exact) mass is 474 g/mol. The number of hydrogen-bond donors (Lipinski definition) is 3. The zero-order valence-corrected chi connectivity index (χ0v) is 18.6. The van der Waals surface area contributed by atoms with Crippen molar-refractivity contribution in [3.05, 3.63) is 35.9 Å². The molecule has 1 saturated carbocycles. The summed E-state index contributed by atoms with van der Waals surface area (Å²) in [5.74, 6) is -6.89. The highest BCUT2D eigenvalue weighted by Crippen LogP contribution is 2.49. The second-order valence-corrected chi connectivity index (χ2v) is 9.36. The number of halogens is 2. The summed E-state index contributed by atoms with van der Waals surface area (Å²) in [6.45, 7) is 0.556. The number of amides is 3. The zero-order valence-electron chi connectivity index (χ0n) is 18.6. The van der Waals surface area contributed by atoms with Gasteiger partial charge in [-0.3, -0.25) is 14.4 Å². The molecule has 0 radical (unpaired) electrons. The van der Waals surface area contributed by atoms with Crippen LogP contribution in [0.3, 0.4) is 0 Å². The summed E-state index contributed by atoms with van der Waals surface area (Å²) < 4.78 is 29.6. The van der Waals surface area contributed by atoms with Gasteiger partial charge in [-0.2, -0.15) is 5.26 Å². The molecular weight excluding hydrogens is 446 g/mol. The molecule has 3 amide bonds. The van der Waals surface area contributed by atoms with Gasteiger partial charge in [0.1, 0.15) is 12.1 Å². The van der Waals surface area contributed by atoms with Crippen LogP contribution in [0.5, 0.6) is 0 Å². The first-order valence-corrected chi connectivity index (χ1v) is 11.6. The van der Waals surface area contributed by atoms with Crippen molar-refractivity contribution in [1.82, 2.24) is 15.5 Å². The molecule has 3 saturated heterocycles. The van der Waals surface area contributed by atoms with E-state index in [0.29, 0.717) is 24.9 Å². The Balaban J connectivity index is 1.56. The smallest absolute Gasteiger partial charge is 0.256 e. The highest BCUT2D eigenvalue weighted by atomic mass is 19.3. The van der Waals surface area contributed by atoms with Crippen molar-refractivity contribution >= 4 is 17.7 Å². The molecule has 1 aromatic rings. The topological polar surface area (TPSA) is 123 Å². The number of nitriles is 1. The Bertz CT molecular complexity index is 983. The van der Waals surface area contributed by atoms with E-state index in [2.05, 4.69) is 10.6 Å². The number of aliphatic hydroxyl groups excluding tert-OH is 1. The average molecular weight is 475 g/mol. The van der Waals surface area contributed by atoms with Gasteiger partial charge in [-0.1, -0.05) is 30.3 Å². The summed E-state index contributed by atoms with van der Waals surface area (Å²) in [5.41, 5.74) is 0.304. The molecule has 3 N–H and O–H groups in total. The maximum absolute atomic E-state index is 14.8. The van der Waals surface area contributed by atoms with E-state index in [-0.39, 0.29) is 18.7 Å². The number of nitrogens with zero attached hydrogens (tertiary/aromatic N) is 2. The van der Waals surface area contributed by atoms with Gasteiger partial charge in [0, 0.05) is 24.9 Å². The van der Waals surface area contributed by atoms with Crippen LogP contribution in [0.4, 0.5) is 8.78 Å². The number of fused-ring (bicyclic) bond motifs is 3. The van der Waals surface area contributed by atoms with Crippen LogP contribution < -0.4 is 10.6 Å².